The van der Waals surface area contributed by atoms with Crippen LogP contribution >= 0.6 is 0 Å². The van der Waals surface area contributed by atoms with E-state index < -0.39 is 0 Å². The van der Waals surface area contributed by atoms with Crippen molar-refractivity contribution < 1.29 is 4.79 Å². The number of piperidine rings is 1. The van der Waals surface area contributed by atoms with Gasteiger partial charge in [0.1, 0.15) is 0 Å². The summed E-state index contributed by atoms with van der Waals surface area (Å²) in [5.74, 6) is 0.892. The molecule has 2 nitrogen and oxygen atoms in total. The van der Waals surface area contributed by atoms with Gasteiger partial charge in [-0.2, -0.15) is 0 Å². The summed E-state index contributed by atoms with van der Waals surface area (Å²) in [6, 6.07) is 0.396. The lowest BCUT2D eigenvalue weighted by Crippen LogP contribution is -2.40. The van der Waals surface area contributed by atoms with Gasteiger partial charge in [-0.1, -0.05) is 19.8 Å². The molecule has 1 aliphatic rings. The topological polar surface area (TPSA) is 29.1 Å². The average molecular weight is 169 g/mol. The van der Waals surface area contributed by atoms with Crippen molar-refractivity contribution in [2.75, 3.05) is 0 Å². The minimum absolute atomic E-state index is 0.245. The van der Waals surface area contributed by atoms with Gasteiger partial charge in [0.05, 0.1) is 0 Å². The summed E-state index contributed by atoms with van der Waals surface area (Å²) in [7, 11) is 0. The zero-order valence-electron chi connectivity index (χ0n) is 8.10. The largest absolute Gasteiger partial charge is 0.354 e. The number of amides is 1. The summed E-state index contributed by atoms with van der Waals surface area (Å²) in [5.41, 5.74) is 0. The third-order valence-corrected chi connectivity index (χ3v) is 2.53. The molecule has 2 heteroatoms. The third kappa shape index (κ3) is 2.84. The van der Waals surface area contributed by atoms with Crippen LogP contribution in [0.4, 0.5) is 0 Å². The first kappa shape index (κ1) is 9.56. The molecule has 1 N–H and O–H groups in total. The summed E-state index contributed by atoms with van der Waals surface area (Å²) < 4.78 is 0. The fraction of sp³-hybridized carbons (Fsp3) is 0.900. The van der Waals surface area contributed by atoms with Gasteiger partial charge in [-0.05, 0) is 25.7 Å². The lowest BCUT2D eigenvalue weighted by molar-refractivity contribution is -0.124. The fourth-order valence-electron chi connectivity index (χ4n) is 1.95. The highest BCUT2D eigenvalue weighted by Crippen LogP contribution is 2.22. The molecular weight excluding hydrogens is 150 g/mol. The van der Waals surface area contributed by atoms with Gasteiger partial charge in [0.2, 0.25) is 5.91 Å². The van der Waals surface area contributed by atoms with Gasteiger partial charge in [-0.15, -0.1) is 0 Å². The molecule has 12 heavy (non-hydrogen) atoms. The van der Waals surface area contributed by atoms with Crippen LogP contribution in [-0.4, -0.2) is 11.9 Å². The Kier molecular flexibility index (Phi) is 3.57. The quantitative estimate of drug-likeness (QED) is 0.688. The molecule has 70 valence electrons. The molecule has 0 bridgehead atoms. The molecule has 0 aromatic rings. The molecule has 1 heterocycles. The Labute approximate surface area is 74.7 Å². The van der Waals surface area contributed by atoms with Crippen molar-refractivity contribution in [2.45, 2.75) is 52.0 Å². The molecule has 1 rings (SSSR count). The maximum atomic E-state index is 11.1. The third-order valence-electron chi connectivity index (χ3n) is 2.53. The number of unbranched alkanes of at least 4 members (excludes halogenated alkanes) is 1. The second-order valence-electron chi connectivity index (χ2n) is 3.92. The van der Waals surface area contributed by atoms with Gasteiger partial charge in [0.25, 0.3) is 0 Å². The fourth-order valence-corrected chi connectivity index (χ4v) is 1.95. The molecule has 0 radical (unpaired) electrons. The number of rotatable bonds is 3. The van der Waals surface area contributed by atoms with Crippen LogP contribution in [0.15, 0.2) is 0 Å². The van der Waals surface area contributed by atoms with Crippen LogP contribution in [0, 0.1) is 5.92 Å². The van der Waals surface area contributed by atoms with E-state index in [1.54, 1.807) is 0 Å². The Morgan fingerprint density at radius 3 is 2.92 bits per heavy atom. The molecule has 1 aliphatic heterocycles. The second kappa shape index (κ2) is 4.48. The Hall–Kier alpha value is -0.530. The molecule has 0 aromatic carbocycles. The molecule has 0 spiro atoms. The molecule has 0 aromatic heterocycles. The summed E-state index contributed by atoms with van der Waals surface area (Å²) in [6.07, 6.45) is 5.67. The summed E-state index contributed by atoms with van der Waals surface area (Å²) in [5, 5.41) is 2.95. The van der Waals surface area contributed by atoms with E-state index >= 15 is 0 Å². The van der Waals surface area contributed by atoms with Crippen LogP contribution in [0.25, 0.3) is 0 Å². The van der Waals surface area contributed by atoms with Crippen molar-refractivity contribution >= 4 is 5.91 Å². The van der Waals surface area contributed by atoms with E-state index in [4.69, 9.17) is 0 Å². The van der Waals surface area contributed by atoms with Crippen LogP contribution in [0.5, 0.6) is 0 Å². The average Bonchev–Trinajstić information content (AvgIpc) is 1.99. The first-order valence-corrected chi connectivity index (χ1v) is 5.01. The Morgan fingerprint density at radius 2 is 2.33 bits per heavy atom. The maximum absolute atomic E-state index is 11.1. The monoisotopic (exact) mass is 169 g/mol. The molecule has 2 unspecified atom stereocenters. The highest BCUT2D eigenvalue weighted by Gasteiger charge is 2.22. The minimum atomic E-state index is 0.245. The zero-order chi connectivity index (χ0) is 8.97. The Morgan fingerprint density at radius 1 is 1.58 bits per heavy atom. The van der Waals surface area contributed by atoms with Crippen LogP contribution in [0.2, 0.25) is 0 Å². The summed E-state index contributed by atoms with van der Waals surface area (Å²) >= 11 is 0. The maximum Gasteiger partial charge on any atom is 0.220 e. The molecule has 1 fully saturated rings. The molecule has 2 atom stereocenters. The van der Waals surface area contributed by atoms with Crippen LogP contribution in [-0.2, 0) is 4.79 Å². The SMILES string of the molecule is CCCCC1CC(=O)NC(C)C1. The van der Waals surface area contributed by atoms with E-state index in [-0.39, 0.29) is 5.91 Å². The van der Waals surface area contributed by atoms with Gasteiger partial charge in [-0.25, -0.2) is 0 Å². The zero-order valence-corrected chi connectivity index (χ0v) is 8.10. The number of carbonyl (C=O) groups excluding carboxylic acids is 1. The van der Waals surface area contributed by atoms with E-state index in [0.29, 0.717) is 12.0 Å². The lowest BCUT2D eigenvalue weighted by atomic mass is 9.88. The first-order valence-electron chi connectivity index (χ1n) is 5.01. The molecular formula is C10H19NO. The van der Waals surface area contributed by atoms with Crippen LogP contribution in [0.3, 0.4) is 0 Å². The predicted octanol–water partition coefficient (Wildman–Crippen LogP) is 2.09. The van der Waals surface area contributed by atoms with Gasteiger partial charge < -0.3 is 5.32 Å². The smallest absolute Gasteiger partial charge is 0.220 e. The van der Waals surface area contributed by atoms with Crippen LogP contribution in [0.1, 0.15) is 46.0 Å². The highest BCUT2D eigenvalue weighted by molar-refractivity contribution is 5.77. The van der Waals surface area contributed by atoms with Crippen molar-refractivity contribution in [1.29, 1.82) is 0 Å². The van der Waals surface area contributed by atoms with Crippen molar-refractivity contribution in [3.05, 3.63) is 0 Å². The second-order valence-corrected chi connectivity index (χ2v) is 3.92. The number of nitrogens with one attached hydrogen (secondary N) is 1. The molecule has 1 amide bonds. The van der Waals surface area contributed by atoms with E-state index in [1.165, 1.54) is 25.7 Å². The highest BCUT2D eigenvalue weighted by atomic mass is 16.1. The Bertz CT molecular complexity index is 156. The first-order chi connectivity index (χ1) is 5.72. The summed E-state index contributed by atoms with van der Waals surface area (Å²) in [4.78, 5) is 11.1. The molecule has 0 saturated carbocycles. The van der Waals surface area contributed by atoms with Crippen molar-refractivity contribution in [3.8, 4) is 0 Å². The van der Waals surface area contributed by atoms with Gasteiger partial charge in [-0.3, -0.25) is 4.79 Å². The van der Waals surface area contributed by atoms with Crippen molar-refractivity contribution in [3.63, 3.8) is 0 Å². The molecule has 1 saturated heterocycles. The van der Waals surface area contributed by atoms with Gasteiger partial charge in [0.15, 0.2) is 0 Å². The van der Waals surface area contributed by atoms with Crippen molar-refractivity contribution in [2.24, 2.45) is 5.92 Å². The van der Waals surface area contributed by atoms with E-state index in [1.807, 2.05) is 0 Å². The minimum Gasteiger partial charge on any atom is -0.354 e. The Balaban J connectivity index is 2.29. The molecule has 0 aliphatic carbocycles. The van der Waals surface area contributed by atoms with Gasteiger partial charge in [0, 0.05) is 12.5 Å². The van der Waals surface area contributed by atoms with E-state index in [9.17, 15) is 4.79 Å². The standard InChI is InChI=1S/C10H19NO/c1-3-4-5-9-6-8(2)11-10(12)7-9/h8-9H,3-7H2,1-2H3,(H,11,12). The number of hydrogen-bond donors (Lipinski definition) is 1. The van der Waals surface area contributed by atoms with E-state index in [0.717, 1.165) is 6.42 Å². The number of carbonyl (C=O) groups is 1. The van der Waals surface area contributed by atoms with Crippen molar-refractivity contribution in [1.82, 2.24) is 5.32 Å². The lowest BCUT2D eigenvalue weighted by Gasteiger charge is -2.27. The number of hydrogen-bond acceptors (Lipinski definition) is 1. The summed E-state index contributed by atoms with van der Waals surface area (Å²) in [6.45, 7) is 4.29. The van der Waals surface area contributed by atoms with Gasteiger partial charge >= 0.3 is 0 Å². The van der Waals surface area contributed by atoms with E-state index in [2.05, 4.69) is 19.2 Å². The van der Waals surface area contributed by atoms with Crippen LogP contribution < -0.4 is 5.32 Å². The predicted molar refractivity (Wildman–Crippen MR) is 49.9 cm³/mol. The normalized spacial score (nSPS) is 30.0.